The van der Waals surface area contributed by atoms with E-state index >= 15 is 0 Å². The summed E-state index contributed by atoms with van der Waals surface area (Å²) >= 11 is 0. The lowest BCUT2D eigenvalue weighted by Gasteiger charge is -2.23. The van der Waals surface area contributed by atoms with Crippen LogP contribution < -0.4 is 5.73 Å². The van der Waals surface area contributed by atoms with Crippen LogP contribution in [0.3, 0.4) is 0 Å². The van der Waals surface area contributed by atoms with Crippen LogP contribution >= 0.6 is 0 Å². The molecule has 3 nitrogen and oxygen atoms in total. The fraction of sp³-hybridized carbons (Fsp3) is 0.500. The molecule has 1 unspecified atom stereocenters. The average Bonchev–Trinajstić information content (AvgIpc) is 1.90. The van der Waals surface area contributed by atoms with Gasteiger partial charge in [0, 0.05) is 18.6 Å². The molecular weight excluding hydrogens is 114 g/mol. The van der Waals surface area contributed by atoms with Gasteiger partial charge >= 0.3 is 0 Å². The van der Waals surface area contributed by atoms with E-state index in [4.69, 9.17) is 5.73 Å². The van der Waals surface area contributed by atoms with E-state index in [1.54, 1.807) is 6.20 Å². The van der Waals surface area contributed by atoms with Gasteiger partial charge in [0.25, 0.3) is 0 Å². The van der Waals surface area contributed by atoms with Crippen LogP contribution in [0.1, 0.15) is 6.92 Å². The molecule has 50 valence electrons. The van der Waals surface area contributed by atoms with Crippen LogP contribution in [0.2, 0.25) is 0 Å². The van der Waals surface area contributed by atoms with Gasteiger partial charge < -0.3 is 10.6 Å². The van der Waals surface area contributed by atoms with E-state index in [1.807, 2.05) is 24.2 Å². The van der Waals surface area contributed by atoms with Crippen LogP contribution in [-0.4, -0.2) is 23.8 Å². The fourth-order valence-electron chi connectivity index (χ4n) is 0.689. The van der Waals surface area contributed by atoms with Crippen molar-refractivity contribution in [2.75, 3.05) is 6.54 Å². The molecule has 1 aliphatic rings. The molecule has 3 heteroatoms. The Labute approximate surface area is 54.9 Å². The maximum Gasteiger partial charge on any atom is 0.0741 e. The lowest BCUT2D eigenvalue weighted by atomic mass is 10.4. The van der Waals surface area contributed by atoms with E-state index in [0.717, 1.165) is 6.54 Å². The highest BCUT2D eigenvalue weighted by Crippen LogP contribution is 1.96. The Balaban J connectivity index is 2.46. The smallest absolute Gasteiger partial charge is 0.0741 e. The molecule has 0 aromatic carbocycles. The first-order chi connectivity index (χ1) is 4.30. The second-order valence-electron chi connectivity index (χ2n) is 2.07. The molecule has 0 radical (unpaired) electrons. The van der Waals surface area contributed by atoms with Crippen LogP contribution in [0, 0.1) is 0 Å². The summed E-state index contributed by atoms with van der Waals surface area (Å²) in [6.45, 7) is 2.78. The first-order valence-electron chi connectivity index (χ1n) is 3.00. The Morgan fingerprint density at radius 3 is 2.89 bits per heavy atom. The van der Waals surface area contributed by atoms with Crippen LogP contribution in [0.4, 0.5) is 0 Å². The highest BCUT2D eigenvalue weighted by molar-refractivity contribution is 5.61. The van der Waals surface area contributed by atoms with E-state index in [-0.39, 0.29) is 6.17 Å². The molecule has 0 saturated heterocycles. The van der Waals surface area contributed by atoms with E-state index in [1.165, 1.54) is 0 Å². The van der Waals surface area contributed by atoms with E-state index in [9.17, 15) is 0 Å². The zero-order valence-corrected chi connectivity index (χ0v) is 5.49. The Hall–Kier alpha value is -0.830. The summed E-state index contributed by atoms with van der Waals surface area (Å²) in [5, 5.41) is 0. The zero-order chi connectivity index (χ0) is 6.69. The Bertz CT molecular complexity index is 137. The van der Waals surface area contributed by atoms with Gasteiger partial charge in [-0.2, -0.15) is 0 Å². The molecule has 1 heterocycles. The van der Waals surface area contributed by atoms with Crippen molar-refractivity contribution < 1.29 is 0 Å². The van der Waals surface area contributed by atoms with E-state index in [0.29, 0.717) is 0 Å². The van der Waals surface area contributed by atoms with Crippen molar-refractivity contribution in [2.24, 2.45) is 10.7 Å². The van der Waals surface area contributed by atoms with Gasteiger partial charge in [-0.25, -0.2) is 0 Å². The Kier molecular flexibility index (Phi) is 1.85. The van der Waals surface area contributed by atoms with Gasteiger partial charge in [0.15, 0.2) is 0 Å². The molecule has 1 rings (SSSR count). The molecular formula is C6H11N3. The lowest BCUT2D eigenvalue weighted by molar-refractivity contribution is 0.336. The number of aliphatic imine (C=N–C) groups is 1. The summed E-state index contributed by atoms with van der Waals surface area (Å²) in [6.07, 6.45) is 5.56. The minimum Gasteiger partial charge on any atom is -0.356 e. The third-order valence-electron chi connectivity index (χ3n) is 1.27. The topological polar surface area (TPSA) is 41.6 Å². The normalized spacial score (nSPS) is 20.4. The summed E-state index contributed by atoms with van der Waals surface area (Å²) in [7, 11) is 0. The third kappa shape index (κ3) is 1.54. The summed E-state index contributed by atoms with van der Waals surface area (Å²) in [5.41, 5.74) is 5.58. The quantitative estimate of drug-likeness (QED) is 0.542. The van der Waals surface area contributed by atoms with Crippen LogP contribution in [0.15, 0.2) is 17.4 Å². The maximum absolute atomic E-state index is 5.58. The minimum atomic E-state index is 0.0907. The van der Waals surface area contributed by atoms with Crippen LogP contribution in [0.25, 0.3) is 0 Å². The number of nitrogens with zero attached hydrogens (tertiary/aromatic N) is 2. The second kappa shape index (κ2) is 2.64. The van der Waals surface area contributed by atoms with Crippen LogP contribution in [-0.2, 0) is 0 Å². The molecule has 0 saturated carbocycles. The maximum atomic E-state index is 5.58. The molecule has 1 atom stereocenters. The molecule has 0 aromatic heterocycles. The first kappa shape index (κ1) is 6.29. The van der Waals surface area contributed by atoms with Gasteiger partial charge in [-0.1, -0.05) is 0 Å². The molecule has 0 aliphatic carbocycles. The predicted molar refractivity (Wildman–Crippen MR) is 38.0 cm³/mol. The number of hydrogen-bond acceptors (Lipinski definition) is 3. The monoisotopic (exact) mass is 125 g/mol. The highest BCUT2D eigenvalue weighted by atomic mass is 15.2. The zero-order valence-electron chi connectivity index (χ0n) is 5.49. The molecule has 2 N–H and O–H groups in total. The van der Waals surface area contributed by atoms with E-state index in [2.05, 4.69) is 4.99 Å². The second-order valence-corrected chi connectivity index (χ2v) is 2.07. The largest absolute Gasteiger partial charge is 0.356 e. The fourth-order valence-corrected chi connectivity index (χ4v) is 0.689. The van der Waals surface area contributed by atoms with Crippen molar-refractivity contribution >= 4 is 6.21 Å². The summed E-state index contributed by atoms with van der Waals surface area (Å²) < 4.78 is 0. The summed E-state index contributed by atoms with van der Waals surface area (Å²) in [4.78, 5) is 5.91. The predicted octanol–water partition coefficient (Wildman–Crippen LogP) is 0.149. The lowest BCUT2D eigenvalue weighted by Crippen LogP contribution is -2.37. The summed E-state index contributed by atoms with van der Waals surface area (Å²) in [5.74, 6) is 0. The van der Waals surface area contributed by atoms with Gasteiger partial charge in [0.2, 0.25) is 0 Å². The van der Waals surface area contributed by atoms with Crippen molar-refractivity contribution in [1.82, 2.24) is 4.90 Å². The van der Waals surface area contributed by atoms with Gasteiger partial charge in [-0.05, 0) is 6.92 Å². The van der Waals surface area contributed by atoms with Gasteiger partial charge in [-0.15, -0.1) is 0 Å². The Morgan fingerprint density at radius 2 is 2.56 bits per heavy atom. The molecule has 0 aromatic rings. The van der Waals surface area contributed by atoms with Crippen molar-refractivity contribution in [2.45, 2.75) is 13.1 Å². The molecule has 0 spiro atoms. The molecule has 0 bridgehead atoms. The summed E-state index contributed by atoms with van der Waals surface area (Å²) in [6, 6.07) is 0. The number of nitrogens with two attached hydrogens (primary N) is 1. The standard InChI is InChI=1S/C6H11N3/c1-6(7)9-4-2-8-3-5-9/h2-4,6H,5,7H2,1H3. The van der Waals surface area contributed by atoms with Crippen molar-refractivity contribution in [3.05, 3.63) is 12.4 Å². The number of hydrogen-bond donors (Lipinski definition) is 1. The average molecular weight is 125 g/mol. The molecule has 0 amide bonds. The van der Waals surface area contributed by atoms with Gasteiger partial charge in [0.1, 0.15) is 0 Å². The highest BCUT2D eigenvalue weighted by Gasteiger charge is 2.02. The number of rotatable bonds is 1. The Morgan fingerprint density at radius 1 is 1.78 bits per heavy atom. The first-order valence-corrected chi connectivity index (χ1v) is 3.00. The molecule has 0 fully saturated rings. The van der Waals surface area contributed by atoms with Crippen molar-refractivity contribution in [3.8, 4) is 0 Å². The minimum absolute atomic E-state index is 0.0907. The van der Waals surface area contributed by atoms with Crippen molar-refractivity contribution in [3.63, 3.8) is 0 Å². The van der Waals surface area contributed by atoms with Crippen molar-refractivity contribution in [1.29, 1.82) is 0 Å². The third-order valence-corrected chi connectivity index (χ3v) is 1.27. The van der Waals surface area contributed by atoms with Crippen LogP contribution in [0.5, 0.6) is 0 Å². The van der Waals surface area contributed by atoms with Gasteiger partial charge in [-0.3, -0.25) is 4.99 Å². The molecule has 1 aliphatic heterocycles. The van der Waals surface area contributed by atoms with Gasteiger partial charge in [0.05, 0.1) is 12.7 Å². The van der Waals surface area contributed by atoms with E-state index < -0.39 is 0 Å². The molecule has 9 heavy (non-hydrogen) atoms. The SMILES string of the molecule is CC(N)N1C=CN=CC1.